The zero-order valence-corrected chi connectivity index (χ0v) is 12.9. The van der Waals surface area contributed by atoms with Gasteiger partial charge in [-0.25, -0.2) is 0 Å². The van der Waals surface area contributed by atoms with Crippen molar-refractivity contribution in [1.29, 1.82) is 0 Å². The number of ether oxygens (including phenoxy) is 1. The molecule has 0 amide bonds. The fraction of sp³-hybridized carbons (Fsp3) is 0.316. The van der Waals surface area contributed by atoms with E-state index in [1.807, 2.05) is 61.5 Å². The summed E-state index contributed by atoms with van der Waals surface area (Å²) in [7, 11) is 0. The molecule has 1 unspecified atom stereocenters. The van der Waals surface area contributed by atoms with Gasteiger partial charge in [0.15, 0.2) is 0 Å². The molecule has 0 aliphatic carbocycles. The van der Waals surface area contributed by atoms with Crippen LogP contribution in [-0.4, -0.2) is 17.7 Å². The largest absolute Gasteiger partial charge is 0.494 e. The van der Waals surface area contributed by atoms with Gasteiger partial charge in [-0.3, -0.25) is 4.79 Å². The van der Waals surface area contributed by atoms with E-state index < -0.39 is 11.9 Å². The van der Waals surface area contributed by atoms with Crippen molar-refractivity contribution >= 4 is 5.97 Å². The third kappa shape index (κ3) is 4.92. The maximum Gasteiger partial charge on any atom is 0.310 e. The smallest absolute Gasteiger partial charge is 0.310 e. The van der Waals surface area contributed by atoms with Gasteiger partial charge in [-0.05, 0) is 43.9 Å². The van der Waals surface area contributed by atoms with Crippen molar-refractivity contribution in [2.45, 2.75) is 32.1 Å². The van der Waals surface area contributed by atoms with Crippen molar-refractivity contribution in [3.8, 4) is 5.75 Å². The Morgan fingerprint density at radius 1 is 1.05 bits per heavy atom. The van der Waals surface area contributed by atoms with Crippen LogP contribution >= 0.6 is 0 Å². The van der Waals surface area contributed by atoms with Gasteiger partial charge in [0.1, 0.15) is 5.75 Å². The van der Waals surface area contributed by atoms with Gasteiger partial charge in [-0.2, -0.15) is 0 Å². The molecular formula is C19H22O3. The Balaban J connectivity index is 1.78. The van der Waals surface area contributed by atoms with Crippen molar-refractivity contribution < 1.29 is 14.6 Å². The second-order valence-corrected chi connectivity index (χ2v) is 5.46. The molecule has 1 atom stereocenters. The third-order valence-electron chi connectivity index (χ3n) is 3.68. The molecule has 0 spiro atoms. The van der Waals surface area contributed by atoms with Gasteiger partial charge < -0.3 is 9.84 Å². The van der Waals surface area contributed by atoms with Crippen LogP contribution in [0.1, 0.15) is 36.3 Å². The number of hydrogen-bond donors (Lipinski definition) is 1. The first-order chi connectivity index (χ1) is 10.7. The van der Waals surface area contributed by atoms with Gasteiger partial charge in [-0.15, -0.1) is 0 Å². The van der Waals surface area contributed by atoms with E-state index in [-0.39, 0.29) is 0 Å². The topological polar surface area (TPSA) is 46.5 Å². The molecule has 0 aromatic heterocycles. The SMILES string of the molecule is Cc1ccc(C(CCCCOc2ccccc2)C(=O)O)cc1. The van der Waals surface area contributed by atoms with Gasteiger partial charge in [0.2, 0.25) is 0 Å². The molecule has 0 bridgehead atoms. The molecule has 3 nitrogen and oxygen atoms in total. The number of benzene rings is 2. The average molecular weight is 298 g/mol. The molecule has 0 aliphatic rings. The summed E-state index contributed by atoms with van der Waals surface area (Å²) in [6.45, 7) is 2.62. The summed E-state index contributed by atoms with van der Waals surface area (Å²) < 4.78 is 5.62. The minimum Gasteiger partial charge on any atom is -0.494 e. The second kappa shape index (κ2) is 8.23. The van der Waals surface area contributed by atoms with Gasteiger partial charge in [0.25, 0.3) is 0 Å². The van der Waals surface area contributed by atoms with Crippen LogP contribution in [0.2, 0.25) is 0 Å². The Bertz CT molecular complexity index is 575. The highest BCUT2D eigenvalue weighted by atomic mass is 16.5. The van der Waals surface area contributed by atoms with Crippen LogP contribution in [0.5, 0.6) is 5.75 Å². The standard InChI is InChI=1S/C19H22O3/c1-15-10-12-16(13-11-15)18(19(20)21)9-5-6-14-22-17-7-3-2-4-8-17/h2-4,7-8,10-13,18H,5-6,9,14H2,1H3,(H,20,21). The van der Waals surface area contributed by atoms with Gasteiger partial charge in [-0.1, -0.05) is 48.0 Å². The average Bonchev–Trinajstić information content (AvgIpc) is 2.53. The van der Waals surface area contributed by atoms with Crippen molar-refractivity contribution in [2.24, 2.45) is 0 Å². The fourth-order valence-electron chi connectivity index (χ4n) is 2.39. The van der Waals surface area contributed by atoms with Gasteiger partial charge >= 0.3 is 5.97 Å². The summed E-state index contributed by atoms with van der Waals surface area (Å²) in [5.74, 6) is -0.332. The highest BCUT2D eigenvalue weighted by molar-refractivity contribution is 5.76. The number of para-hydroxylation sites is 1. The first kappa shape index (κ1) is 16.1. The van der Waals surface area contributed by atoms with E-state index in [4.69, 9.17) is 4.74 Å². The Hall–Kier alpha value is -2.29. The number of unbranched alkanes of at least 4 members (excludes halogenated alkanes) is 1. The van der Waals surface area contributed by atoms with Crippen LogP contribution in [0.15, 0.2) is 54.6 Å². The van der Waals surface area contributed by atoms with E-state index in [1.54, 1.807) is 0 Å². The molecule has 0 aliphatic heterocycles. The van der Waals surface area contributed by atoms with Crippen LogP contribution in [0.25, 0.3) is 0 Å². The summed E-state index contributed by atoms with van der Waals surface area (Å²) in [6, 6.07) is 17.4. The number of hydrogen-bond acceptors (Lipinski definition) is 2. The molecule has 116 valence electrons. The lowest BCUT2D eigenvalue weighted by molar-refractivity contribution is -0.139. The van der Waals surface area contributed by atoms with Crippen LogP contribution in [0, 0.1) is 6.92 Å². The number of aliphatic carboxylic acids is 1. The van der Waals surface area contributed by atoms with Crippen molar-refractivity contribution in [3.63, 3.8) is 0 Å². The zero-order valence-electron chi connectivity index (χ0n) is 12.9. The molecule has 3 heteroatoms. The number of carboxylic acid groups (broad SMARTS) is 1. The minimum absolute atomic E-state index is 0.433. The van der Waals surface area contributed by atoms with E-state index in [0.717, 1.165) is 29.7 Å². The molecule has 2 aromatic carbocycles. The number of rotatable bonds is 8. The summed E-state index contributed by atoms with van der Waals surface area (Å²) in [5.41, 5.74) is 2.02. The third-order valence-corrected chi connectivity index (χ3v) is 3.68. The minimum atomic E-state index is -0.757. The lowest BCUT2D eigenvalue weighted by atomic mass is 9.93. The maximum atomic E-state index is 11.4. The first-order valence-corrected chi connectivity index (χ1v) is 7.64. The van der Waals surface area contributed by atoms with E-state index in [0.29, 0.717) is 13.0 Å². The van der Waals surface area contributed by atoms with Crippen molar-refractivity contribution in [1.82, 2.24) is 0 Å². The molecule has 0 fully saturated rings. The molecular weight excluding hydrogens is 276 g/mol. The highest BCUT2D eigenvalue weighted by Gasteiger charge is 2.18. The normalized spacial score (nSPS) is 11.9. The molecule has 0 heterocycles. The van der Waals surface area contributed by atoms with E-state index in [2.05, 4.69) is 0 Å². The number of carboxylic acids is 1. The predicted molar refractivity (Wildman–Crippen MR) is 87.3 cm³/mol. The van der Waals surface area contributed by atoms with Crippen LogP contribution < -0.4 is 4.74 Å². The monoisotopic (exact) mass is 298 g/mol. The molecule has 0 radical (unpaired) electrons. The Kier molecular flexibility index (Phi) is 6.01. The number of aryl methyl sites for hydroxylation is 1. The lowest BCUT2D eigenvalue weighted by Gasteiger charge is -2.13. The first-order valence-electron chi connectivity index (χ1n) is 7.64. The summed E-state index contributed by atoms with van der Waals surface area (Å²) in [5, 5.41) is 9.40. The molecule has 0 saturated heterocycles. The van der Waals surface area contributed by atoms with E-state index in [1.165, 1.54) is 0 Å². The highest BCUT2D eigenvalue weighted by Crippen LogP contribution is 2.23. The van der Waals surface area contributed by atoms with E-state index in [9.17, 15) is 9.90 Å². The maximum absolute atomic E-state index is 11.4. The van der Waals surface area contributed by atoms with Gasteiger partial charge in [0.05, 0.1) is 12.5 Å². The Morgan fingerprint density at radius 3 is 2.36 bits per heavy atom. The Labute approximate surface area is 131 Å². The van der Waals surface area contributed by atoms with Crippen LogP contribution in [0.3, 0.4) is 0 Å². The summed E-state index contributed by atoms with van der Waals surface area (Å²) in [4.78, 5) is 11.4. The second-order valence-electron chi connectivity index (χ2n) is 5.46. The molecule has 2 aromatic rings. The summed E-state index contributed by atoms with van der Waals surface area (Å²) in [6.07, 6.45) is 2.32. The van der Waals surface area contributed by atoms with E-state index >= 15 is 0 Å². The Morgan fingerprint density at radius 2 is 1.73 bits per heavy atom. The van der Waals surface area contributed by atoms with Crippen LogP contribution in [-0.2, 0) is 4.79 Å². The number of carbonyl (C=O) groups is 1. The quantitative estimate of drug-likeness (QED) is 0.734. The molecule has 0 saturated carbocycles. The zero-order chi connectivity index (χ0) is 15.8. The molecule has 1 N–H and O–H groups in total. The molecule has 2 rings (SSSR count). The molecule has 22 heavy (non-hydrogen) atoms. The van der Waals surface area contributed by atoms with Crippen molar-refractivity contribution in [3.05, 3.63) is 65.7 Å². The fourth-order valence-corrected chi connectivity index (χ4v) is 2.39. The van der Waals surface area contributed by atoms with Gasteiger partial charge in [0, 0.05) is 0 Å². The van der Waals surface area contributed by atoms with Crippen LogP contribution in [0.4, 0.5) is 0 Å². The predicted octanol–water partition coefficient (Wildman–Crippen LogP) is 4.41. The summed E-state index contributed by atoms with van der Waals surface area (Å²) >= 11 is 0. The lowest BCUT2D eigenvalue weighted by Crippen LogP contribution is -2.12. The van der Waals surface area contributed by atoms with Crippen molar-refractivity contribution in [2.75, 3.05) is 6.61 Å².